The maximum Gasteiger partial charge on any atom is 0.123 e. The van der Waals surface area contributed by atoms with E-state index in [1.165, 1.54) is 51.0 Å². The van der Waals surface area contributed by atoms with E-state index in [9.17, 15) is 4.39 Å². The van der Waals surface area contributed by atoms with Crippen molar-refractivity contribution in [2.75, 3.05) is 7.11 Å². The second kappa shape index (κ2) is 6.68. The first-order valence-electron chi connectivity index (χ1n) is 8.16. The molecule has 0 aliphatic heterocycles. The highest BCUT2D eigenvalue weighted by Crippen LogP contribution is 2.49. The number of hydrogen-bond donors (Lipinski definition) is 0. The molecule has 1 nitrogen and oxygen atoms in total. The van der Waals surface area contributed by atoms with Crippen LogP contribution in [0.25, 0.3) is 0 Å². The Kier molecular flexibility index (Phi) is 4.88. The third kappa shape index (κ3) is 3.28. The topological polar surface area (TPSA) is 9.23 Å². The number of halogens is 2. The maximum absolute atomic E-state index is 13.6. The molecule has 1 aromatic rings. The molecule has 3 heteroatoms. The van der Waals surface area contributed by atoms with Crippen molar-refractivity contribution in [1.82, 2.24) is 0 Å². The summed E-state index contributed by atoms with van der Waals surface area (Å²) < 4.78 is 19.0. The highest BCUT2D eigenvalue weighted by Gasteiger charge is 2.35. The first-order valence-corrected chi connectivity index (χ1v) is 9.08. The minimum absolute atomic E-state index is 0.179. The van der Waals surface area contributed by atoms with Gasteiger partial charge in [0.2, 0.25) is 0 Å². The third-order valence-electron chi connectivity index (χ3n) is 5.48. The highest BCUT2D eigenvalue weighted by molar-refractivity contribution is 9.09. The summed E-state index contributed by atoms with van der Waals surface area (Å²) in [5.74, 6) is 3.05. The van der Waals surface area contributed by atoms with Gasteiger partial charge in [0.05, 0.1) is 7.11 Å². The van der Waals surface area contributed by atoms with Crippen LogP contribution in [0.4, 0.5) is 4.39 Å². The van der Waals surface area contributed by atoms with Gasteiger partial charge in [0.1, 0.15) is 11.6 Å². The van der Waals surface area contributed by atoms with E-state index in [2.05, 4.69) is 15.9 Å². The lowest BCUT2D eigenvalue weighted by molar-refractivity contribution is 0.129. The Bertz CT molecular complexity index is 490. The maximum atomic E-state index is 13.6. The zero-order valence-corrected chi connectivity index (χ0v) is 14.2. The average Bonchev–Trinajstić information content (AvgIpc) is 2.53. The van der Waals surface area contributed by atoms with Crippen LogP contribution in [0.3, 0.4) is 0 Å². The number of benzene rings is 1. The summed E-state index contributed by atoms with van der Waals surface area (Å²) in [6.07, 6.45) is 9.49. The Morgan fingerprint density at radius 2 is 1.90 bits per heavy atom. The van der Waals surface area contributed by atoms with Crippen molar-refractivity contribution in [2.45, 2.75) is 49.8 Å². The summed E-state index contributed by atoms with van der Waals surface area (Å²) in [7, 11) is 1.66. The van der Waals surface area contributed by atoms with Crippen LogP contribution in [0, 0.1) is 23.6 Å². The molecular formula is C18H24BrFO. The van der Waals surface area contributed by atoms with Crippen molar-refractivity contribution in [3.8, 4) is 5.75 Å². The number of fused-ring (bicyclic) bond motifs is 1. The van der Waals surface area contributed by atoms with Gasteiger partial charge in [0.15, 0.2) is 0 Å². The van der Waals surface area contributed by atoms with Gasteiger partial charge in [-0.05, 0) is 55.2 Å². The molecule has 2 aliphatic carbocycles. The van der Waals surface area contributed by atoms with Gasteiger partial charge in [-0.1, -0.05) is 41.6 Å². The molecule has 0 heterocycles. The molecule has 2 fully saturated rings. The van der Waals surface area contributed by atoms with Crippen LogP contribution in [0.15, 0.2) is 18.2 Å². The fourth-order valence-electron chi connectivity index (χ4n) is 4.35. The average molecular weight is 355 g/mol. The van der Waals surface area contributed by atoms with Crippen LogP contribution in [0.5, 0.6) is 5.75 Å². The zero-order chi connectivity index (χ0) is 14.8. The minimum Gasteiger partial charge on any atom is -0.496 e. The van der Waals surface area contributed by atoms with E-state index in [1.54, 1.807) is 19.2 Å². The molecule has 2 aliphatic rings. The van der Waals surface area contributed by atoms with Crippen LogP contribution in [-0.4, -0.2) is 7.11 Å². The van der Waals surface area contributed by atoms with Crippen LogP contribution < -0.4 is 4.74 Å². The Hall–Kier alpha value is -0.570. The molecular weight excluding hydrogens is 331 g/mol. The number of alkyl halides is 1. The number of methoxy groups -OCH3 is 1. The van der Waals surface area contributed by atoms with E-state index in [1.807, 2.05) is 0 Å². The molecule has 0 spiro atoms. The molecule has 3 rings (SSSR count). The van der Waals surface area contributed by atoms with Gasteiger partial charge >= 0.3 is 0 Å². The summed E-state index contributed by atoms with van der Waals surface area (Å²) in [5.41, 5.74) is 0.969. The van der Waals surface area contributed by atoms with Crippen molar-refractivity contribution >= 4 is 15.9 Å². The first kappa shape index (κ1) is 15.3. The molecule has 4 atom stereocenters. The predicted octanol–water partition coefficient (Wildman–Crippen LogP) is 5.88. The lowest BCUT2D eigenvalue weighted by atomic mass is 9.66. The summed E-state index contributed by atoms with van der Waals surface area (Å²) in [5, 5.41) is 0. The van der Waals surface area contributed by atoms with Gasteiger partial charge in [-0.15, -0.1) is 0 Å². The Labute approximate surface area is 135 Å². The second-order valence-corrected chi connectivity index (χ2v) is 7.65. The molecule has 0 N–H and O–H groups in total. The summed E-state index contributed by atoms with van der Waals surface area (Å²) in [6, 6.07) is 4.84. The van der Waals surface area contributed by atoms with E-state index >= 15 is 0 Å². The molecule has 21 heavy (non-hydrogen) atoms. The standard InChI is InChI=1S/C18H24BrFO/c1-21-17-9-8-15(20)11-16(17)18(19)14-7-6-12-4-2-3-5-13(12)10-14/h8-9,11-14,18H,2-7,10H2,1H3. The van der Waals surface area contributed by atoms with E-state index in [0.29, 0.717) is 5.92 Å². The monoisotopic (exact) mass is 354 g/mol. The normalized spacial score (nSPS) is 30.5. The van der Waals surface area contributed by atoms with Gasteiger partial charge in [-0.3, -0.25) is 0 Å². The van der Waals surface area contributed by atoms with Crippen molar-refractivity contribution in [3.05, 3.63) is 29.6 Å². The van der Waals surface area contributed by atoms with Crippen molar-refractivity contribution in [3.63, 3.8) is 0 Å². The fraction of sp³-hybridized carbons (Fsp3) is 0.667. The summed E-state index contributed by atoms with van der Waals surface area (Å²) in [4.78, 5) is 0.200. The predicted molar refractivity (Wildman–Crippen MR) is 87.4 cm³/mol. The van der Waals surface area contributed by atoms with Crippen LogP contribution >= 0.6 is 15.9 Å². The zero-order valence-electron chi connectivity index (χ0n) is 12.7. The van der Waals surface area contributed by atoms with Gasteiger partial charge in [-0.25, -0.2) is 4.39 Å². The quantitative estimate of drug-likeness (QED) is 0.616. The Morgan fingerprint density at radius 1 is 1.14 bits per heavy atom. The molecule has 1 aromatic carbocycles. The van der Waals surface area contributed by atoms with Crippen molar-refractivity contribution in [1.29, 1.82) is 0 Å². The third-order valence-corrected chi connectivity index (χ3v) is 6.72. The largest absolute Gasteiger partial charge is 0.496 e. The molecule has 0 aromatic heterocycles. The Balaban J connectivity index is 1.76. The van der Waals surface area contributed by atoms with Gasteiger partial charge < -0.3 is 4.74 Å². The van der Waals surface area contributed by atoms with Crippen molar-refractivity contribution in [2.24, 2.45) is 17.8 Å². The van der Waals surface area contributed by atoms with E-state index in [-0.39, 0.29) is 10.6 Å². The summed E-state index contributed by atoms with van der Waals surface area (Å²) in [6.45, 7) is 0. The smallest absolute Gasteiger partial charge is 0.123 e. The molecule has 116 valence electrons. The number of rotatable bonds is 3. The summed E-state index contributed by atoms with van der Waals surface area (Å²) >= 11 is 3.84. The molecule has 0 bridgehead atoms. The fourth-order valence-corrected chi connectivity index (χ4v) is 5.19. The van der Waals surface area contributed by atoms with E-state index in [4.69, 9.17) is 4.74 Å². The van der Waals surface area contributed by atoms with Crippen LogP contribution in [-0.2, 0) is 0 Å². The SMILES string of the molecule is COc1ccc(F)cc1C(Br)C1CCC2CCCCC2C1. The van der Waals surface area contributed by atoms with Crippen LogP contribution in [0.1, 0.15) is 55.3 Å². The van der Waals surface area contributed by atoms with Crippen molar-refractivity contribution < 1.29 is 9.13 Å². The van der Waals surface area contributed by atoms with Gasteiger partial charge in [-0.2, -0.15) is 0 Å². The van der Waals surface area contributed by atoms with Crippen LogP contribution in [0.2, 0.25) is 0 Å². The second-order valence-electron chi connectivity index (χ2n) is 6.67. The Morgan fingerprint density at radius 3 is 2.67 bits per heavy atom. The molecule has 0 radical (unpaired) electrons. The highest BCUT2D eigenvalue weighted by atomic mass is 79.9. The molecule has 0 saturated heterocycles. The molecule has 2 saturated carbocycles. The van der Waals surface area contributed by atoms with Gasteiger partial charge in [0.25, 0.3) is 0 Å². The van der Waals surface area contributed by atoms with E-state index < -0.39 is 0 Å². The van der Waals surface area contributed by atoms with Gasteiger partial charge in [0, 0.05) is 10.4 Å². The molecule has 4 unspecified atom stereocenters. The lowest BCUT2D eigenvalue weighted by Gasteiger charge is -2.41. The number of hydrogen-bond acceptors (Lipinski definition) is 1. The lowest BCUT2D eigenvalue weighted by Crippen LogP contribution is -2.29. The number of ether oxygens (including phenoxy) is 1. The molecule has 0 amide bonds. The van der Waals surface area contributed by atoms with E-state index in [0.717, 1.165) is 23.1 Å². The first-order chi connectivity index (χ1) is 10.2. The minimum atomic E-state index is -0.179.